The lowest BCUT2D eigenvalue weighted by atomic mass is 9.91. The van der Waals surface area contributed by atoms with Gasteiger partial charge in [0.2, 0.25) is 11.9 Å². The second-order valence-corrected chi connectivity index (χ2v) is 8.96. The van der Waals surface area contributed by atoms with E-state index in [1.807, 2.05) is 54.6 Å². The molecule has 0 saturated heterocycles. The summed E-state index contributed by atoms with van der Waals surface area (Å²) in [6.07, 6.45) is 0. The maximum Gasteiger partial charge on any atom is 0.242 e. The van der Waals surface area contributed by atoms with Crippen molar-refractivity contribution >= 4 is 40.8 Å². The fourth-order valence-corrected chi connectivity index (χ4v) is 4.03. The number of amides is 1. The van der Waals surface area contributed by atoms with Crippen LogP contribution in [0.4, 0.5) is 0 Å². The summed E-state index contributed by atoms with van der Waals surface area (Å²) in [6.45, 7) is 0.319. The Bertz CT molecular complexity index is 1210. The second-order valence-electron chi connectivity index (χ2n) is 8.09. The Hall–Kier alpha value is -3.39. The number of nitrogens with zero attached hydrogens (tertiary/aromatic N) is 3. The van der Waals surface area contributed by atoms with Crippen LogP contribution in [-0.2, 0) is 11.3 Å². The number of rotatable bonds is 7. The molecule has 1 heterocycles. The van der Waals surface area contributed by atoms with Gasteiger partial charge in [-0.15, -0.1) is 0 Å². The molecule has 0 aromatic heterocycles. The van der Waals surface area contributed by atoms with Gasteiger partial charge in [0.05, 0.1) is 25.4 Å². The topological polar surface area (TPSA) is 103 Å². The lowest BCUT2D eigenvalue weighted by Gasteiger charge is -2.23. The summed E-state index contributed by atoms with van der Waals surface area (Å²) in [5.41, 5.74) is 9.26. The molecule has 0 saturated carbocycles. The number of carbonyl (C=O) groups excluding carboxylic acids is 1. The van der Waals surface area contributed by atoms with Crippen LogP contribution < -0.4 is 11.1 Å². The fourth-order valence-electron chi connectivity index (χ4n) is 3.78. The van der Waals surface area contributed by atoms with Crippen molar-refractivity contribution in [3.8, 4) is 0 Å². The summed E-state index contributed by atoms with van der Waals surface area (Å²) in [4.78, 5) is 16.5. The van der Waals surface area contributed by atoms with E-state index < -0.39 is 18.6 Å². The van der Waals surface area contributed by atoms with Crippen LogP contribution in [0, 0.1) is 0 Å². The van der Waals surface area contributed by atoms with E-state index in [0.717, 1.165) is 22.4 Å². The van der Waals surface area contributed by atoms with Gasteiger partial charge in [-0.2, -0.15) is 5.10 Å². The largest absolute Gasteiger partial charge is 0.394 e. The highest BCUT2D eigenvalue weighted by Gasteiger charge is 2.32. The van der Waals surface area contributed by atoms with Crippen molar-refractivity contribution < 1.29 is 9.90 Å². The SMILES string of the molecule is NC(=O)[C@H](CO)N/C(=N\Cc1ccc(Cl)cc1)N1C[C@@H](c2ccccc2)C(c2ccc(Cl)cc2)=N1. The molecule has 0 spiro atoms. The summed E-state index contributed by atoms with van der Waals surface area (Å²) in [5.74, 6) is -0.406. The minimum Gasteiger partial charge on any atom is -0.394 e. The summed E-state index contributed by atoms with van der Waals surface area (Å²) in [7, 11) is 0. The second kappa shape index (κ2) is 11.4. The quantitative estimate of drug-likeness (QED) is 0.333. The number of benzene rings is 3. The van der Waals surface area contributed by atoms with Crippen LogP contribution in [0.25, 0.3) is 0 Å². The molecule has 0 unspecified atom stereocenters. The molecule has 0 aliphatic carbocycles. The number of aliphatic hydroxyl groups excluding tert-OH is 1. The number of hydrogen-bond acceptors (Lipinski definition) is 4. The molecular formula is C26H25Cl2N5O2. The lowest BCUT2D eigenvalue weighted by Crippen LogP contribution is -2.51. The van der Waals surface area contributed by atoms with Gasteiger partial charge in [0, 0.05) is 16.0 Å². The van der Waals surface area contributed by atoms with E-state index in [9.17, 15) is 9.90 Å². The average Bonchev–Trinajstić information content (AvgIpc) is 3.31. The molecule has 35 heavy (non-hydrogen) atoms. The van der Waals surface area contributed by atoms with Crippen molar-refractivity contribution in [1.82, 2.24) is 10.3 Å². The number of guanidine groups is 1. The molecule has 1 amide bonds. The van der Waals surface area contributed by atoms with Gasteiger partial charge in [0.25, 0.3) is 0 Å². The summed E-state index contributed by atoms with van der Waals surface area (Å²) in [6, 6.07) is 23.9. The van der Waals surface area contributed by atoms with Crippen LogP contribution in [0.2, 0.25) is 10.0 Å². The highest BCUT2D eigenvalue weighted by molar-refractivity contribution is 6.31. The standard InChI is InChI=1S/C26H25Cl2N5O2/c27-20-10-6-17(7-11-20)14-30-26(31-23(16-34)25(29)35)33-15-22(18-4-2-1-3-5-18)24(32-33)19-8-12-21(28)13-9-19/h1-13,22-23,34H,14-16H2,(H2,29,35)(H,30,31)/t22-,23-/m0/s1. The van der Waals surface area contributed by atoms with Crippen molar-refractivity contribution in [1.29, 1.82) is 0 Å². The van der Waals surface area contributed by atoms with Crippen LogP contribution in [0.5, 0.6) is 0 Å². The van der Waals surface area contributed by atoms with Crippen molar-refractivity contribution in [2.45, 2.75) is 18.5 Å². The molecule has 3 aromatic rings. The molecule has 0 bridgehead atoms. The molecule has 3 aromatic carbocycles. The number of halogens is 2. The Kier molecular flexibility index (Phi) is 8.02. The van der Waals surface area contributed by atoms with E-state index in [0.29, 0.717) is 29.1 Å². The van der Waals surface area contributed by atoms with E-state index in [1.54, 1.807) is 17.1 Å². The van der Waals surface area contributed by atoms with E-state index in [1.165, 1.54) is 0 Å². The summed E-state index contributed by atoms with van der Waals surface area (Å²) >= 11 is 12.1. The minimum absolute atomic E-state index is 0.0546. The van der Waals surface area contributed by atoms with Gasteiger partial charge in [-0.3, -0.25) is 4.79 Å². The predicted molar refractivity (Wildman–Crippen MR) is 140 cm³/mol. The van der Waals surface area contributed by atoms with Gasteiger partial charge in [0.15, 0.2) is 0 Å². The molecular weight excluding hydrogens is 485 g/mol. The van der Waals surface area contributed by atoms with E-state index in [-0.39, 0.29) is 5.92 Å². The molecule has 4 rings (SSSR count). The third-order valence-electron chi connectivity index (χ3n) is 5.65. The van der Waals surface area contributed by atoms with Gasteiger partial charge >= 0.3 is 0 Å². The van der Waals surface area contributed by atoms with E-state index in [2.05, 4.69) is 22.4 Å². The van der Waals surface area contributed by atoms with Gasteiger partial charge < -0.3 is 16.2 Å². The number of nitrogens with two attached hydrogens (primary N) is 1. The predicted octanol–water partition coefficient (Wildman–Crippen LogP) is 3.79. The average molecular weight is 510 g/mol. The van der Waals surface area contributed by atoms with Crippen LogP contribution >= 0.6 is 23.2 Å². The highest BCUT2D eigenvalue weighted by atomic mass is 35.5. The molecule has 2 atom stereocenters. The zero-order valence-corrected chi connectivity index (χ0v) is 20.3. The third-order valence-corrected chi connectivity index (χ3v) is 6.16. The molecule has 4 N–H and O–H groups in total. The monoisotopic (exact) mass is 509 g/mol. The molecule has 9 heteroatoms. The number of aliphatic hydroxyl groups is 1. The number of nitrogens with one attached hydrogen (secondary N) is 1. The van der Waals surface area contributed by atoms with E-state index >= 15 is 0 Å². The Morgan fingerprint density at radius 3 is 2.29 bits per heavy atom. The van der Waals surface area contributed by atoms with Gasteiger partial charge in [-0.25, -0.2) is 10.0 Å². The maximum atomic E-state index is 11.9. The van der Waals surface area contributed by atoms with Crippen LogP contribution in [0.3, 0.4) is 0 Å². The van der Waals surface area contributed by atoms with Crippen molar-refractivity contribution in [3.63, 3.8) is 0 Å². The van der Waals surface area contributed by atoms with Gasteiger partial charge in [-0.1, -0.05) is 77.8 Å². The number of hydrogen-bond donors (Lipinski definition) is 3. The number of carbonyl (C=O) groups is 1. The molecule has 1 aliphatic heterocycles. The molecule has 0 fully saturated rings. The summed E-state index contributed by atoms with van der Waals surface area (Å²) in [5, 5.41) is 20.5. The van der Waals surface area contributed by atoms with Crippen molar-refractivity contribution in [3.05, 3.63) is 106 Å². The van der Waals surface area contributed by atoms with Crippen molar-refractivity contribution in [2.75, 3.05) is 13.2 Å². The first-order valence-corrected chi connectivity index (χ1v) is 11.8. The van der Waals surface area contributed by atoms with Gasteiger partial charge in [-0.05, 0) is 41.0 Å². The molecule has 1 aliphatic rings. The zero-order chi connectivity index (χ0) is 24.8. The van der Waals surface area contributed by atoms with Crippen LogP contribution in [0.1, 0.15) is 22.6 Å². The first kappa shape index (κ1) is 24.7. The summed E-state index contributed by atoms with van der Waals surface area (Å²) < 4.78 is 0. The van der Waals surface area contributed by atoms with Crippen molar-refractivity contribution in [2.24, 2.45) is 15.8 Å². The number of aliphatic imine (C=N–C) groups is 1. The molecule has 180 valence electrons. The Balaban J connectivity index is 1.71. The fraction of sp³-hybridized carbons (Fsp3) is 0.192. The number of hydrazone groups is 1. The Morgan fingerprint density at radius 2 is 1.69 bits per heavy atom. The van der Waals surface area contributed by atoms with E-state index in [4.69, 9.17) is 34.0 Å². The first-order valence-electron chi connectivity index (χ1n) is 11.1. The molecule has 0 radical (unpaired) electrons. The smallest absolute Gasteiger partial charge is 0.242 e. The normalized spacial score (nSPS) is 16.7. The Morgan fingerprint density at radius 1 is 1.06 bits per heavy atom. The Labute approximate surface area is 213 Å². The molecule has 7 nitrogen and oxygen atoms in total. The zero-order valence-electron chi connectivity index (χ0n) is 18.8. The van der Waals surface area contributed by atoms with Crippen LogP contribution in [0.15, 0.2) is 89.0 Å². The maximum absolute atomic E-state index is 11.9. The van der Waals surface area contributed by atoms with Gasteiger partial charge in [0.1, 0.15) is 6.04 Å². The minimum atomic E-state index is -1.01. The lowest BCUT2D eigenvalue weighted by molar-refractivity contribution is -0.120. The first-order chi connectivity index (χ1) is 16.9. The third kappa shape index (κ3) is 6.19. The highest BCUT2D eigenvalue weighted by Crippen LogP contribution is 2.29. The van der Waals surface area contributed by atoms with Crippen LogP contribution in [-0.4, -0.2) is 46.9 Å². The number of primary amides is 1.